The molecular formula is C18H27NO3. The largest absolute Gasteiger partial charge is 0.491 e. The standard InChI is InChI=1S/C18H27NO3/c20-11-12-22-16-6-2-1-5-15(16)13-19-10-4-9-18(14-19)8-3-7-17(18)21/h1-2,5-6,17,20-21H,3-4,7-14H2/t17-,18+/m1/s1. The molecule has 1 aromatic carbocycles. The molecule has 0 aromatic heterocycles. The molecule has 0 amide bonds. The number of aliphatic hydroxyl groups is 2. The first-order valence-electron chi connectivity index (χ1n) is 8.45. The summed E-state index contributed by atoms with van der Waals surface area (Å²) in [5.74, 6) is 0.864. The number of ether oxygens (including phenoxy) is 1. The summed E-state index contributed by atoms with van der Waals surface area (Å²) in [6, 6.07) is 8.06. The van der Waals surface area contributed by atoms with E-state index in [2.05, 4.69) is 11.0 Å². The van der Waals surface area contributed by atoms with E-state index in [1.807, 2.05) is 18.2 Å². The van der Waals surface area contributed by atoms with E-state index in [1.165, 1.54) is 5.56 Å². The Morgan fingerprint density at radius 2 is 2.05 bits per heavy atom. The summed E-state index contributed by atoms with van der Waals surface area (Å²) in [5.41, 5.74) is 1.29. The van der Waals surface area contributed by atoms with Gasteiger partial charge in [-0.15, -0.1) is 0 Å². The number of para-hydroxylation sites is 1. The first-order valence-corrected chi connectivity index (χ1v) is 8.45. The molecule has 1 heterocycles. The van der Waals surface area contributed by atoms with Crippen molar-refractivity contribution in [1.82, 2.24) is 4.90 Å². The second-order valence-corrected chi connectivity index (χ2v) is 6.76. The van der Waals surface area contributed by atoms with E-state index in [-0.39, 0.29) is 18.1 Å². The Labute approximate surface area is 132 Å². The van der Waals surface area contributed by atoms with Crippen LogP contribution in [-0.2, 0) is 6.54 Å². The van der Waals surface area contributed by atoms with Gasteiger partial charge in [-0.25, -0.2) is 0 Å². The van der Waals surface area contributed by atoms with Crippen LogP contribution in [0.5, 0.6) is 5.75 Å². The minimum Gasteiger partial charge on any atom is -0.491 e. The van der Waals surface area contributed by atoms with E-state index in [1.54, 1.807) is 0 Å². The number of benzene rings is 1. The summed E-state index contributed by atoms with van der Waals surface area (Å²) in [4.78, 5) is 2.46. The van der Waals surface area contributed by atoms with Gasteiger partial charge in [-0.05, 0) is 38.3 Å². The zero-order chi connectivity index (χ0) is 15.4. The predicted octanol–water partition coefficient (Wildman–Crippen LogP) is 2.18. The summed E-state index contributed by atoms with van der Waals surface area (Å²) in [6.45, 7) is 3.30. The van der Waals surface area contributed by atoms with Gasteiger partial charge in [0.2, 0.25) is 0 Å². The Bertz CT molecular complexity index is 493. The van der Waals surface area contributed by atoms with Crippen LogP contribution in [0, 0.1) is 5.41 Å². The first-order chi connectivity index (χ1) is 10.7. The number of piperidine rings is 1. The van der Waals surface area contributed by atoms with Gasteiger partial charge >= 0.3 is 0 Å². The number of nitrogens with zero attached hydrogens (tertiary/aromatic N) is 1. The van der Waals surface area contributed by atoms with Crippen molar-refractivity contribution in [3.8, 4) is 5.75 Å². The first kappa shape index (κ1) is 15.8. The number of rotatable bonds is 5. The molecule has 1 spiro atoms. The molecule has 122 valence electrons. The average molecular weight is 305 g/mol. The quantitative estimate of drug-likeness (QED) is 0.875. The van der Waals surface area contributed by atoms with Gasteiger partial charge in [0.05, 0.1) is 12.7 Å². The lowest BCUT2D eigenvalue weighted by Gasteiger charge is -2.42. The summed E-state index contributed by atoms with van der Waals surface area (Å²) >= 11 is 0. The van der Waals surface area contributed by atoms with Crippen molar-refractivity contribution in [1.29, 1.82) is 0 Å². The van der Waals surface area contributed by atoms with Crippen molar-refractivity contribution in [3.63, 3.8) is 0 Å². The van der Waals surface area contributed by atoms with E-state index in [4.69, 9.17) is 9.84 Å². The van der Waals surface area contributed by atoms with E-state index in [0.717, 1.165) is 57.5 Å². The highest BCUT2D eigenvalue weighted by molar-refractivity contribution is 5.33. The maximum Gasteiger partial charge on any atom is 0.123 e. The molecule has 1 aliphatic heterocycles. The smallest absolute Gasteiger partial charge is 0.123 e. The number of hydrogen-bond donors (Lipinski definition) is 2. The Hall–Kier alpha value is -1.10. The Morgan fingerprint density at radius 3 is 2.82 bits per heavy atom. The summed E-state index contributed by atoms with van der Waals surface area (Å²) in [7, 11) is 0. The maximum atomic E-state index is 10.4. The zero-order valence-corrected chi connectivity index (χ0v) is 13.2. The molecule has 2 atom stereocenters. The van der Waals surface area contributed by atoms with Crippen LogP contribution in [0.3, 0.4) is 0 Å². The molecule has 4 nitrogen and oxygen atoms in total. The predicted molar refractivity (Wildman–Crippen MR) is 85.8 cm³/mol. The zero-order valence-electron chi connectivity index (χ0n) is 13.2. The Morgan fingerprint density at radius 1 is 1.23 bits per heavy atom. The van der Waals surface area contributed by atoms with Gasteiger partial charge in [0.15, 0.2) is 0 Å². The molecule has 0 bridgehead atoms. The minimum absolute atomic E-state index is 0.0351. The topological polar surface area (TPSA) is 52.9 Å². The fraction of sp³-hybridized carbons (Fsp3) is 0.667. The second kappa shape index (κ2) is 6.99. The molecule has 2 fully saturated rings. The Kier molecular flexibility index (Phi) is 5.01. The molecule has 2 N–H and O–H groups in total. The summed E-state index contributed by atoms with van der Waals surface area (Å²) < 4.78 is 5.64. The van der Waals surface area contributed by atoms with Crippen LogP contribution in [0.15, 0.2) is 24.3 Å². The maximum absolute atomic E-state index is 10.4. The molecule has 1 aromatic rings. The third-order valence-electron chi connectivity index (χ3n) is 5.26. The lowest BCUT2D eigenvalue weighted by atomic mass is 9.76. The van der Waals surface area contributed by atoms with Crippen LogP contribution in [0.25, 0.3) is 0 Å². The van der Waals surface area contributed by atoms with Crippen LogP contribution < -0.4 is 4.74 Å². The van der Waals surface area contributed by atoms with Gasteiger partial charge in [-0.1, -0.05) is 24.6 Å². The molecular weight excluding hydrogens is 278 g/mol. The highest BCUT2D eigenvalue weighted by atomic mass is 16.5. The third-order valence-corrected chi connectivity index (χ3v) is 5.26. The number of aliphatic hydroxyl groups excluding tert-OH is 2. The van der Waals surface area contributed by atoms with Gasteiger partial charge in [-0.2, -0.15) is 0 Å². The Balaban J connectivity index is 1.68. The lowest BCUT2D eigenvalue weighted by Crippen LogP contribution is -2.46. The van der Waals surface area contributed by atoms with Gasteiger partial charge in [0.1, 0.15) is 12.4 Å². The number of likely N-dealkylation sites (tertiary alicyclic amines) is 1. The normalized spacial score (nSPS) is 29.1. The molecule has 22 heavy (non-hydrogen) atoms. The fourth-order valence-electron chi connectivity index (χ4n) is 4.16. The van der Waals surface area contributed by atoms with E-state index >= 15 is 0 Å². The monoisotopic (exact) mass is 305 g/mol. The minimum atomic E-state index is -0.129. The van der Waals surface area contributed by atoms with Crippen LogP contribution in [0.1, 0.15) is 37.7 Å². The van der Waals surface area contributed by atoms with Gasteiger partial charge in [0.25, 0.3) is 0 Å². The van der Waals surface area contributed by atoms with Crippen LogP contribution in [-0.4, -0.2) is 47.5 Å². The van der Waals surface area contributed by atoms with Crippen LogP contribution >= 0.6 is 0 Å². The van der Waals surface area contributed by atoms with Gasteiger partial charge < -0.3 is 14.9 Å². The fourth-order valence-corrected chi connectivity index (χ4v) is 4.16. The van der Waals surface area contributed by atoms with Crippen molar-refractivity contribution in [3.05, 3.63) is 29.8 Å². The highest BCUT2D eigenvalue weighted by Crippen LogP contribution is 2.45. The molecule has 1 saturated heterocycles. The third kappa shape index (κ3) is 3.29. The van der Waals surface area contributed by atoms with Crippen molar-refractivity contribution < 1.29 is 14.9 Å². The molecule has 3 rings (SSSR count). The molecule has 0 unspecified atom stereocenters. The van der Waals surface area contributed by atoms with Crippen molar-refractivity contribution in [2.75, 3.05) is 26.3 Å². The van der Waals surface area contributed by atoms with Crippen LogP contribution in [0.4, 0.5) is 0 Å². The molecule has 1 aliphatic carbocycles. The van der Waals surface area contributed by atoms with Crippen molar-refractivity contribution in [2.24, 2.45) is 5.41 Å². The van der Waals surface area contributed by atoms with Gasteiger partial charge in [-0.3, -0.25) is 4.90 Å². The van der Waals surface area contributed by atoms with Crippen LogP contribution in [0.2, 0.25) is 0 Å². The molecule has 1 saturated carbocycles. The van der Waals surface area contributed by atoms with Crippen molar-refractivity contribution >= 4 is 0 Å². The molecule has 0 radical (unpaired) electrons. The second-order valence-electron chi connectivity index (χ2n) is 6.76. The summed E-state index contributed by atoms with van der Waals surface area (Å²) in [6.07, 6.45) is 5.48. The van der Waals surface area contributed by atoms with Crippen molar-refractivity contribution in [2.45, 2.75) is 44.8 Å². The van der Waals surface area contributed by atoms with E-state index in [0.29, 0.717) is 6.61 Å². The number of hydrogen-bond acceptors (Lipinski definition) is 4. The average Bonchev–Trinajstić information content (AvgIpc) is 2.87. The van der Waals surface area contributed by atoms with Gasteiger partial charge in [0, 0.05) is 24.1 Å². The van der Waals surface area contributed by atoms with E-state index < -0.39 is 0 Å². The lowest BCUT2D eigenvalue weighted by molar-refractivity contribution is -0.0122. The molecule has 4 heteroatoms. The SMILES string of the molecule is OCCOc1ccccc1CN1CCC[C@@]2(CCC[C@H]2O)C1. The molecule has 2 aliphatic rings. The summed E-state index contributed by atoms with van der Waals surface area (Å²) in [5, 5.41) is 19.3. The van der Waals surface area contributed by atoms with E-state index in [9.17, 15) is 5.11 Å². The highest BCUT2D eigenvalue weighted by Gasteiger charge is 2.44.